The molecule has 144 valence electrons. The zero-order valence-corrected chi connectivity index (χ0v) is 15.0. The highest BCUT2D eigenvalue weighted by Gasteiger charge is 2.17. The van der Waals surface area contributed by atoms with Crippen molar-refractivity contribution in [2.24, 2.45) is 0 Å². The van der Waals surface area contributed by atoms with Crippen molar-refractivity contribution in [2.45, 2.75) is 0 Å². The van der Waals surface area contributed by atoms with Gasteiger partial charge in [0.2, 0.25) is 0 Å². The molecule has 2 aromatic carbocycles. The van der Waals surface area contributed by atoms with E-state index in [1.165, 1.54) is 12.1 Å². The lowest BCUT2D eigenvalue weighted by Crippen LogP contribution is -2.10. The number of ether oxygens (including phenoxy) is 1. The molecule has 8 nitrogen and oxygen atoms in total. The molecular formula is C21H15N3O5. The van der Waals surface area contributed by atoms with E-state index in [0.717, 1.165) is 0 Å². The van der Waals surface area contributed by atoms with Crippen LogP contribution in [0.5, 0.6) is 5.75 Å². The summed E-state index contributed by atoms with van der Waals surface area (Å²) >= 11 is 0. The Balaban J connectivity index is 2.14. The number of benzene rings is 2. The number of hydrogen-bond acceptors (Lipinski definition) is 6. The number of nitrogens with zero attached hydrogens (tertiary/aromatic N) is 2. The lowest BCUT2D eigenvalue weighted by molar-refractivity contribution is -0.139. The number of aromatic nitrogens is 1. The van der Waals surface area contributed by atoms with Crippen LogP contribution in [-0.2, 0) is 4.79 Å². The van der Waals surface area contributed by atoms with E-state index in [1.54, 1.807) is 42.5 Å². The Morgan fingerprint density at radius 3 is 2.38 bits per heavy atom. The normalized spacial score (nSPS) is 10.2. The number of rotatable bonds is 6. The molecule has 0 saturated carbocycles. The number of carbonyl (C=O) groups is 2. The molecule has 3 aromatic rings. The SMILES string of the molecule is N#Cc1c(-c2ccccc2OCC(=O)O)cc(-c2ccc(C(=O)O)cc2)nc1N. The summed E-state index contributed by atoms with van der Waals surface area (Å²) in [5.41, 5.74) is 8.21. The van der Waals surface area contributed by atoms with Crippen LogP contribution in [0.3, 0.4) is 0 Å². The number of hydrogen-bond donors (Lipinski definition) is 3. The molecule has 0 saturated heterocycles. The van der Waals surface area contributed by atoms with Gasteiger partial charge in [0.1, 0.15) is 23.2 Å². The maximum Gasteiger partial charge on any atom is 0.341 e. The molecular weight excluding hydrogens is 374 g/mol. The summed E-state index contributed by atoms with van der Waals surface area (Å²) in [6.45, 7) is -0.539. The quantitative estimate of drug-likeness (QED) is 0.583. The highest BCUT2D eigenvalue weighted by Crippen LogP contribution is 2.36. The van der Waals surface area contributed by atoms with Gasteiger partial charge < -0.3 is 20.7 Å². The summed E-state index contributed by atoms with van der Waals surface area (Å²) in [5, 5.41) is 27.5. The summed E-state index contributed by atoms with van der Waals surface area (Å²) in [7, 11) is 0. The molecule has 0 aliphatic rings. The Morgan fingerprint density at radius 1 is 1.07 bits per heavy atom. The Labute approximate surface area is 165 Å². The first kappa shape index (κ1) is 19.4. The molecule has 0 spiro atoms. The second-order valence-electron chi connectivity index (χ2n) is 5.99. The van der Waals surface area contributed by atoms with Crippen LogP contribution < -0.4 is 10.5 Å². The molecule has 0 fully saturated rings. The molecule has 8 heteroatoms. The van der Waals surface area contributed by atoms with Crippen molar-refractivity contribution in [1.29, 1.82) is 5.26 Å². The molecule has 4 N–H and O–H groups in total. The third-order valence-electron chi connectivity index (χ3n) is 4.12. The van der Waals surface area contributed by atoms with Crippen molar-refractivity contribution < 1.29 is 24.5 Å². The van der Waals surface area contributed by atoms with Gasteiger partial charge in [0, 0.05) is 16.7 Å². The molecule has 0 unspecified atom stereocenters. The van der Waals surface area contributed by atoms with Gasteiger partial charge in [-0.3, -0.25) is 0 Å². The van der Waals surface area contributed by atoms with Gasteiger partial charge in [-0.1, -0.05) is 30.3 Å². The smallest absolute Gasteiger partial charge is 0.341 e. The number of aromatic carboxylic acids is 1. The predicted octanol–water partition coefficient (Wildman–Crippen LogP) is 3.03. The van der Waals surface area contributed by atoms with E-state index < -0.39 is 18.5 Å². The molecule has 0 aliphatic heterocycles. The standard InChI is InChI=1S/C21H15N3O5/c22-10-16-15(14-3-1-2-4-18(14)29-11-19(25)26)9-17(24-20(16)23)12-5-7-13(8-6-12)21(27)28/h1-9H,11H2,(H2,23,24)(H,25,26)(H,27,28). The van der Waals surface area contributed by atoms with Gasteiger partial charge in [-0.2, -0.15) is 5.26 Å². The van der Waals surface area contributed by atoms with Crippen LogP contribution in [0.1, 0.15) is 15.9 Å². The first-order valence-electron chi connectivity index (χ1n) is 8.39. The molecule has 0 atom stereocenters. The monoisotopic (exact) mass is 389 g/mol. The van der Waals surface area contributed by atoms with Gasteiger partial charge in [0.05, 0.1) is 11.3 Å². The van der Waals surface area contributed by atoms with Gasteiger partial charge in [0.15, 0.2) is 6.61 Å². The van der Waals surface area contributed by atoms with Crippen molar-refractivity contribution in [3.63, 3.8) is 0 Å². The number of anilines is 1. The predicted molar refractivity (Wildman–Crippen MR) is 104 cm³/mol. The minimum absolute atomic E-state index is 0.00431. The van der Waals surface area contributed by atoms with E-state index in [4.69, 9.17) is 20.7 Å². The van der Waals surface area contributed by atoms with E-state index in [0.29, 0.717) is 22.4 Å². The summed E-state index contributed by atoms with van der Waals surface area (Å²) in [6, 6.07) is 16.4. The first-order chi connectivity index (χ1) is 13.9. The minimum Gasteiger partial charge on any atom is -0.481 e. The number of pyridine rings is 1. The zero-order valence-electron chi connectivity index (χ0n) is 15.0. The van der Waals surface area contributed by atoms with E-state index in [9.17, 15) is 14.9 Å². The van der Waals surface area contributed by atoms with Crippen LogP contribution in [0.15, 0.2) is 54.6 Å². The second kappa shape index (κ2) is 8.10. The number of aliphatic carboxylic acids is 1. The molecule has 0 aliphatic carbocycles. The number of nitrogen functional groups attached to an aromatic ring is 1. The van der Waals surface area contributed by atoms with Gasteiger partial charge in [-0.05, 0) is 24.3 Å². The van der Waals surface area contributed by atoms with Crippen LogP contribution in [-0.4, -0.2) is 33.7 Å². The van der Waals surface area contributed by atoms with Crippen molar-refractivity contribution >= 4 is 17.8 Å². The molecule has 1 heterocycles. The molecule has 1 aromatic heterocycles. The van der Waals surface area contributed by atoms with Gasteiger partial charge in [0.25, 0.3) is 0 Å². The average Bonchev–Trinajstić information content (AvgIpc) is 2.72. The Hall–Kier alpha value is -4.38. The van der Waals surface area contributed by atoms with E-state index in [2.05, 4.69) is 4.98 Å². The summed E-state index contributed by atoms with van der Waals surface area (Å²) in [4.78, 5) is 26.2. The maximum atomic E-state index is 11.0. The molecule has 3 rings (SSSR count). The highest BCUT2D eigenvalue weighted by molar-refractivity contribution is 5.88. The van der Waals surface area contributed by atoms with Crippen molar-refractivity contribution in [1.82, 2.24) is 4.98 Å². The van der Waals surface area contributed by atoms with Gasteiger partial charge >= 0.3 is 11.9 Å². The highest BCUT2D eigenvalue weighted by atomic mass is 16.5. The average molecular weight is 389 g/mol. The largest absolute Gasteiger partial charge is 0.481 e. The van der Waals surface area contributed by atoms with Crippen LogP contribution in [0.2, 0.25) is 0 Å². The van der Waals surface area contributed by atoms with Gasteiger partial charge in [-0.15, -0.1) is 0 Å². The number of carboxylic acids is 2. The van der Waals surface area contributed by atoms with Crippen LogP contribution in [0.25, 0.3) is 22.4 Å². The number of nitrogens with two attached hydrogens (primary N) is 1. The number of para-hydroxylation sites is 1. The van der Waals surface area contributed by atoms with Crippen LogP contribution in [0.4, 0.5) is 5.82 Å². The van der Waals surface area contributed by atoms with E-state index in [-0.39, 0.29) is 22.7 Å². The Bertz CT molecular complexity index is 1130. The van der Waals surface area contributed by atoms with E-state index in [1.807, 2.05) is 6.07 Å². The third kappa shape index (κ3) is 4.14. The minimum atomic E-state index is -1.13. The lowest BCUT2D eigenvalue weighted by atomic mass is 9.97. The maximum absolute atomic E-state index is 11.0. The van der Waals surface area contributed by atoms with Crippen molar-refractivity contribution in [3.8, 4) is 34.2 Å². The summed E-state index contributed by atoms with van der Waals surface area (Å²) in [5.74, 6) is -1.90. The summed E-state index contributed by atoms with van der Waals surface area (Å²) in [6.07, 6.45) is 0. The van der Waals surface area contributed by atoms with Crippen molar-refractivity contribution in [2.75, 3.05) is 12.3 Å². The van der Waals surface area contributed by atoms with Crippen molar-refractivity contribution in [3.05, 3.63) is 65.7 Å². The lowest BCUT2D eigenvalue weighted by Gasteiger charge is -2.14. The van der Waals surface area contributed by atoms with Gasteiger partial charge in [-0.25, -0.2) is 14.6 Å². The fourth-order valence-electron chi connectivity index (χ4n) is 2.78. The molecule has 0 radical (unpaired) electrons. The topological polar surface area (TPSA) is 147 Å². The molecule has 0 bridgehead atoms. The third-order valence-corrected chi connectivity index (χ3v) is 4.12. The number of nitriles is 1. The second-order valence-corrected chi connectivity index (χ2v) is 5.99. The fourth-order valence-corrected chi connectivity index (χ4v) is 2.78. The molecule has 0 amide bonds. The number of carboxylic acid groups (broad SMARTS) is 2. The summed E-state index contributed by atoms with van der Waals surface area (Å²) < 4.78 is 5.34. The Kier molecular flexibility index (Phi) is 5.42. The zero-order chi connectivity index (χ0) is 21.0. The van der Waals surface area contributed by atoms with E-state index >= 15 is 0 Å². The van der Waals surface area contributed by atoms with Crippen LogP contribution in [0, 0.1) is 11.3 Å². The fraction of sp³-hybridized carbons (Fsp3) is 0.0476. The first-order valence-corrected chi connectivity index (χ1v) is 8.39. The van der Waals surface area contributed by atoms with Crippen LogP contribution >= 0.6 is 0 Å². The molecule has 29 heavy (non-hydrogen) atoms. The Morgan fingerprint density at radius 2 is 1.76 bits per heavy atom.